The third-order valence-electron chi connectivity index (χ3n) is 1.80. The third-order valence-corrected chi connectivity index (χ3v) is 2.09. The van der Waals surface area contributed by atoms with E-state index in [4.69, 9.17) is 11.6 Å². The van der Waals surface area contributed by atoms with Crippen LogP contribution in [0.4, 0.5) is 14.5 Å². The number of aromatic nitrogens is 1. The molecule has 0 N–H and O–H groups in total. The van der Waals surface area contributed by atoms with E-state index in [0.29, 0.717) is 6.07 Å². The highest BCUT2D eigenvalue weighted by atomic mass is 35.5. The molecule has 0 unspecified atom stereocenters. The lowest BCUT2D eigenvalue weighted by atomic mass is 10.2. The molecule has 0 saturated heterocycles. The lowest BCUT2D eigenvalue weighted by Gasteiger charge is -2.05. The van der Waals surface area contributed by atoms with Crippen molar-refractivity contribution < 1.29 is 23.2 Å². The highest BCUT2D eigenvalue weighted by Gasteiger charge is 2.29. The SMILES string of the molecule is COC(=O)c1cc([N+](=O)[O-])c(C(F)F)c(Cl)n1. The minimum atomic E-state index is -3.16. The van der Waals surface area contributed by atoms with Crippen molar-refractivity contribution in [3.8, 4) is 0 Å². The summed E-state index contributed by atoms with van der Waals surface area (Å²) in [7, 11) is 1.02. The fourth-order valence-electron chi connectivity index (χ4n) is 1.07. The van der Waals surface area contributed by atoms with E-state index in [0.717, 1.165) is 7.11 Å². The van der Waals surface area contributed by atoms with Crippen molar-refractivity contribution in [3.05, 3.63) is 32.6 Å². The number of ether oxygens (including phenoxy) is 1. The van der Waals surface area contributed by atoms with E-state index in [1.165, 1.54) is 0 Å². The molecule has 1 rings (SSSR count). The summed E-state index contributed by atoms with van der Waals surface area (Å²) in [4.78, 5) is 23.9. The molecule has 0 atom stereocenters. The lowest BCUT2D eigenvalue weighted by molar-refractivity contribution is -0.386. The van der Waals surface area contributed by atoms with Gasteiger partial charge in [-0.3, -0.25) is 10.1 Å². The van der Waals surface area contributed by atoms with Crippen LogP contribution >= 0.6 is 11.6 Å². The minimum Gasteiger partial charge on any atom is -0.464 e. The normalized spacial score (nSPS) is 10.4. The average molecular weight is 267 g/mol. The maximum Gasteiger partial charge on any atom is 0.356 e. The Labute approximate surface area is 98.3 Å². The summed E-state index contributed by atoms with van der Waals surface area (Å²) >= 11 is 5.37. The molecule has 0 aliphatic carbocycles. The second-order valence-electron chi connectivity index (χ2n) is 2.78. The molecule has 0 amide bonds. The van der Waals surface area contributed by atoms with E-state index in [9.17, 15) is 23.7 Å². The molecule has 92 valence electrons. The van der Waals surface area contributed by atoms with Crippen LogP contribution in [0, 0.1) is 10.1 Å². The first-order valence-electron chi connectivity index (χ1n) is 4.09. The molecule has 0 aliphatic heterocycles. The number of methoxy groups -OCH3 is 1. The van der Waals surface area contributed by atoms with Crippen LogP contribution in [0.25, 0.3) is 0 Å². The fraction of sp³-hybridized carbons (Fsp3) is 0.250. The van der Waals surface area contributed by atoms with Gasteiger partial charge in [-0.15, -0.1) is 0 Å². The van der Waals surface area contributed by atoms with Gasteiger partial charge in [0.05, 0.1) is 12.0 Å². The van der Waals surface area contributed by atoms with Gasteiger partial charge in [-0.25, -0.2) is 18.6 Å². The highest BCUT2D eigenvalue weighted by Crippen LogP contribution is 2.34. The fourth-order valence-corrected chi connectivity index (χ4v) is 1.34. The number of hydrogen-bond acceptors (Lipinski definition) is 5. The maximum atomic E-state index is 12.5. The van der Waals surface area contributed by atoms with Gasteiger partial charge in [-0.1, -0.05) is 11.6 Å². The number of pyridine rings is 1. The van der Waals surface area contributed by atoms with E-state index < -0.39 is 39.4 Å². The number of nitro groups is 1. The molecule has 1 aromatic rings. The zero-order valence-electron chi connectivity index (χ0n) is 8.32. The van der Waals surface area contributed by atoms with Crippen LogP contribution in [0.15, 0.2) is 6.07 Å². The van der Waals surface area contributed by atoms with Crippen molar-refractivity contribution in [2.24, 2.45) is 0 Å². The second-order valence-corrected chi connectivity index (χ2v) is 3.14. The standard InChI is InChI=1S/C8H5ClF2N2O4/c1-17-8(14)3-2-4(13(15)16)5(7(10)11)6(9)12-3/h2,7H,1H3. The van der Waals surface area contributed by atoms with Gasteiger partial charge in [0, 0.05) is 6.07 Å². The Hall–Kier alpha value is -1.83. The molecular formula is C8H5ClF2N2O4. The average Bonchev–Trinajstić information content (AvgIpc) is 2.26. The molecule has 1 heterocycles. The molecule has 0 saturated carbocycles. The first-order valence-corrected chi connectivity index (χ1v) is 4.47. The monoisotopic (exact) mass is 266 g/mol. The molecule has 0 fully saturated rings. The highest BCUT2D eigenvalue weighted by molar-refractivity contribution is 6.30. The van der Waals surface area contributed by atoms with Gasteiger partial charge in [-0.05, 0) is 0 Å². The summed E-state index contributed by atoms with van der Waals surface area (Å²) in [6, 6.07) is 0.596. The number of rotatable bonds is 3. The largest absolute Gasteiger partial charge is 0.464 e. The van der Waals surface area contributed by atoms with Crippen LogP contribution in [0.5, 0.6) is 0 Å². The van der Waals surface area contributed by atoms with E-state index >= 15 is 0 Å². The van der Waals surface area contributed by atoms with Gasteiger partial charge in [0.1, 0.15) is 10.7 Å². The maximum absolute atomic E-state index is 12.5. The van der Waals surface area contributed by atoms with Crippen LogP contribution in [0.2, 0.25) is 5.15 Å². The Morgan fingerprint density at radius 2 is 2.24 bits per heavy atom. The Morgan fingerprint density at radius 1 is 1.65 bits per heavy atom. The van der Waals surface area contributed by atoms with Crippen LogP contribution in [-0.2, 0) is 4.74 Å². The first-order chi connectivity index (χ1) is 7.88. The molecule has 0 spiro atoms. The van der Waals surface area contributed by atoms with E-state index in [1.807, 2.05) is 0 Å². The third kappa shape index (κ3) is 2.64. The summed E-state index contributed by atoms with van der Waals surface area (Å²) < 4.78 is 29.3. The van der Waals surface area contributed by atoms with Gasteiger partial charge < -0.3 is 4.74 Å². The van der Waals surface area contributed by atoms with Crippen molar-refractivity contribution >= 4 is 23.3 Å². The minimum absolute atomic E-state index is 0.506. The first kappa shape index (κ1) is 13.2. The zero-order valence-corrected chi connectivity index (χ0v) is 9.07. The molecule has 0 radical (unpaired) electrons. The summed E-state index contributed by atoms with van der Waals surface area (Å²) in [5.41, 5.74) is -2.50. The second kappa shape index (κ2) is 5.00. The van der Waals surface area contributed by atoms with E-state index in [1.54, 1.807) is 0 Å². The Morgan fingerprint density at radius 3 is 2.65 bits per heavy atom. The number of esters is 1. The van der Waals surface area contributed by atoms with Crippen molar-refractivity contribution in [3.63, 3.8) is 0 Å². The van der Waals surface area contributed by atoms with Gasteiger partial charge >= 0.3 is 5.97 Å². The Bertz CT molecular complexity index is 481. The van der Waals surface area contributed by atoms with Crippen molar-refractivity contribution in [2.45, 2.75) is 6.43 Å². The number of alkyl halides is 2. The van der Waals surface area contributed by atoms with Crippen molar-refractivity contribution in [1.29, 1.82) is 0 Å². The van der Waals surface area contributed by atoms with Gasteiger partial charge in [-0.2, -0.15) is 0 Å². The van der Waals surface area contributed by atoms with Gasteiger partial charge in [0.2, 0.25) is 0 Å². The van der Waals surface area contributed by atoms with Crippen LogP contribution in [0.3, 0.4) is 0 Å². The summed E-state index contributed by atoms with van der Waals surface area (Å²) in [6.45, 7) is 0. The predicted molar refractivity (Wildman–Crippen MR) is 52.2 cm³/mol. The number of halogens is 3. The molecule has 1 aromatic heterocycles. The smallest absolute Gasteiger partial charge is 0.356 e. The molecule has 0 bridgehead atoms. The molecule has 17 heavy (non-hydrogen) atoms. The number of hydrogen-bond donors (Lipinski definition) is 0. The van der Waals surface area contributed by atoms with Gasteiger partial charge in [0.15, 0.2) is 5.69 Å². The predicted octanol–water partition coefficient (Wildman–Crippen LogP) is 2.37. The molecule has 9 heteroatoms. The van der Waals surface area contributed by atoms with E-state index in [2.05, 4.69) is 9.72 Å². The van der Waals surface area contributed by atoms with E-state index in [-0.39, 0.29) is 0 Å². The molecular weight excluding hydrogens is 262 g/mol. The topological polar surface area (TPSA) is 82.3 Å². The summed E-state index contributed by atoms with van der Waals surface area (Å²) in [5.74, 6) is -1.00. The van der Waals surface area contributed by atoms with Crippen LogP contribution in [-0.4, -0.2) is 23.0 Å². The lowest BCUT2D eigenvalue weighted by Crippen LogP contribution is -2.08. The van der Waals surface area contributed by atoms with Gasteiger partial charge in [0.25, 0.3) is 12.1 Å². The number of carbonyl (C=O) groups excluding carboxylic acids is 1. The summed E-state index contributed by atoms with van der Waals surface area (Å²) in [6.07, 6.45) is -3.16. The van der Waals surface area contributed by atoms with Crippen molar-refractivity contribution in [1.82, 2.24) is 4.98 Å². The quantitative estimate of drug-likeness (QED) is 0.363. The molecule has 6 nitrogen and oxygen atoms in total. The Kier molecular flexibility index (Phi) is 3.89. The Balaban J connectivity index is 3.46. The molecule has 0 aromatic carbocycles. The van der Waals surface area contributed by atoms with Crippen molar-refractivity contribution in [2.75, 3.05) is 7.11 Å². The zero-order chi connectivity index (χ0) is 13.2. The molecule has 0 aliphatic rings. The van der Waals surface area contributed by atoms with Crippen LogP contribution < -0.4 is 0 Å². The number of carbonyl (C=O) groups is 1. The summed E-state index contributed by atoms with van der Waals surface area (Å²) in [5, 5.41) is 9.78. The van der Waals surface area contributed by atoms with Crippen LogP contribution in [0.1, 0.15) is 22.5 Å². The number of nitrogens with zero attached hydrogens (tertiary/aromatic N) is 2.